The topological polar surface area (TPSA) is 89.3 Å². The summed E-state index contributed by atoms with van der Waals surface area (Å²) in [6, 6.07) is 13.4. The second kappa shape index (κ2) is 10.2. The number of nitrogens with zero attached hydrogens (tertiary/aromatic N) is 2. The molecule has 4 rings (SSSR count). The standard InChI is InChI=1S/C27H27N3O4/c1-3-16-34-22-7-4-6-21(17-22)24-23(25(31)20-10-8-19(2)9-11-20)26(32)27(33)30(24)14-5-13-29-15-12-28-18-29/h3-4,6-12,15,17-18,24H,1,5,13-14,16H2,2H3,(H,31,32). The van der Waals surface area contributed by atoms with Crippen molar-refractivity contribution in [3.8, 4) is 5.75 Å². The minimum Gasteiger partial charge on any atom is -0.872 e. The zero-order valence-electron chi connectivity index (χ0n) is 19.1. The SMILES string of the molecule is C=CCOc1cccc(C2C(=C([O-])c3ccc(C)cc3)C(=O)C(=O)N2CCC[n+]2cc[nH]c2)c1. The van der Waals surface area contributed by atoms with Gasteiger partial charge in [0.2, 0.25) is 12.1 Å². The number of rotatable bonds is 9. The lowest BCUT2D eigenvalue weighted by Crippen LogP contribution is -2.36. The number of aryl methyl sites for hydroxylation is 2. The maximum atomic E-state index is 13.5. The predicted molar refractivity (Wildman–Crippen MR) is 125 cm³/mol. The number of amides is 1. The first-order valence-corrected chi connectivity index (χ1v) is 11.2. The number of H-pyrrole nitrogens is 1. The number of carbonyl (C=O) groups is 2. The molecule has 0 saturated carbocycles. The Hall–Kier alpha value is -4.13. The Labute approximate surface area is 198 Å². The molecule has 1 aliphatic rings. The van der Waals surface area contributed by atoms with Crippen LogP contribution in [0.1, 0.15) is 29.2 Å². The molecule has 7 heteroatoms. The number of hydrogen-bond donors (Lipinski definition) is 1. The number of hydrogen-bond acceptors (Lipinski definition) is 4. The Bertz CT molecular complexity index is 1210. The molecular formula is C27H27N3O4. The summed E-state index contributed by atoms with van der Waals surface area (Å²) >= 11 is 0. The molecule has 1 atom stereocenters. The molecule has 1 amide bonds. The van der Waals surface area contributed by atoms with Crippen molar-refractivity contribution in [1.82, 2.24) is 9.88 Å². The molecule has 1 saturated heterocycles. The fourth-order valence-electron chi connectivity index (χ4n) is 4.12. The van der Waals surface area contributed by atoms with Crippen LogP contribution >= 0.6 is 0 Å². The lowest BCUT2D eigenvalue weighted by atomic mass is 9.95. The molecule has 2 aromatic carbocycles. The van der Waals surface area contributed by atoms with Gasteiger partial charge in [0.25, 0.3) is 5.91 Å². The molecule has 7 nitrogen and oxygen atoms in total. The molecule has 1 aromatic heterocycles. The van der Waals surface area contributed by atoms with E-state index in [0.717, 1.165) is 5.56 Å². The first kappa shape index (κ1) is 23.0. The molecule has 0 aliphatic carbocycles. The fourth-order valence-corrected chi connectivity index (χ4v) is 4.12. The summed E-state index contributed by atoms with van der Waals surface area (Å²) in [5.41, 5.74) is 2.02. The van der Waals surface area contributed by atoms with Gasteiger partial charge in [0.15, 0.2) is 0 Å². The van der Waals surface area contributed by atoms with Crippen LogP contribution in [0.2, 0.25) is 0 Å². The van der Waals surface area contributed by atoms with E-state index in [1.165, 1.54) is 4.90 Å². The molecule has 1 aliphatic heterocycles. The van der Waals surface area contributed by atoms with Crippen LogP contribution in [0.15, 0.2) is 85.5 Å². The van der Waals surface area contributed by atoms with Gasteiger partial charge < -0.3 is 14.7 Å². The fraction of sp³-hybridized carbons (Fsp3) is 0.222. The van der Waals surface area contributed by atoms with Crippen LogP contribution in [-0.2, 0) is 16.1 Å². The van der Waals surface area contributed by atoms with Crippen molar-refractivity contribution in [2.75, 3.05) is 13.2 Å². The van der Waals surface area contributed by atoms with E-state index in [-0.39, 0.29) is 5.57 Å². The molecule has 0 bridgehead atoms. The zero-order valence-corrected chi connectivity index (χ0v) is 19.1. The van der Waals surface area contributed by atoms with E-state index in [0.29, 0.717) is 43.0 Å². The summed E-state index contributed by atoms with van der Waals surface area (Å²) in [4.78, 5) is 30.7. The third kappa shape index (κ3) is 4.78. The first-order chi connectivity index (χ1) is 16.5. The van der Waals surface area contributed by atoms with Crippen LogP contribution in [-0.4, -0.2) is 34.7 Å². The Morgan fingerprint density at radius 2 is 2.03 bits per heavy atom. The van der Waals surface area contributed by atoms with Crippen molar-refractivity contribution >= 4 is 17.4 Å². The number of imidazole rings is 1. The summed E-state index contributed by atoms with van der Waals surface area (Å²) in [6.07, 6.45) is 7.80. The number of aromatic amines is 1. The van der Waals surface area contributed by atoms with Crippen LogP contribution in [0, 0.1) is 6.92 Å². The van der Waals surface area contributed by atoms with Crippen molar-refractivity contribution in [3.63, 3.8) is 0 Å². The van der Waals surface area contributed by atoms with Gasteiger partial charge in [-0.05, 0) is 30.2 Å². The molecule has 1 N–H and O–H groups in total. The number of ketones is 1. The van der Waals surface area contributed by atoms with Gasteiger partial charge in [-0.15, -0.1) is 0 Å². The molecule has 0 radical (unpaired) electrons. The van der Waals surface area contributed by atoms with Crippen LogP contribution in [0.25, 0.3) is 5.76 Å². The number of carbonyl (C=O) groups excluding carboxylic acids is 2. The zero-order chi connectivity index (χ0) is 24.1. The predicted octanol–water partition coefficient (Wildman–Crippen LogP) is 2.49. The lowest BCUT2D eigenvalue weighted by Gasteiger charge is -2.27. The Kier molecular flexibility index (Phi) is 6.92. The van der Waals surface area contributed by atoms with E-state index < -0.39 is 23.5 Å². The van der Waals surface area contributed by atoms with E-state index in [2.05, 4.69) is 11.6 Å². The second-order valence-corrected chi connectivity index (χ2v) is 8.21. The van der Waals surface area contributed by atoms with Gasteiger partial charge in [-0.3, -0.25) is 14.6 Å². The summed E-state index contributed by atoms with van der Waals surface area (Å²) in [6.45, 7) is 6.90. The van der Waals surface area contributed by atoms with Gasteiger partial charge in [-0.1, -0.05) is 60.4 Å². The van der Waals surface area contributed by atoms with Gasteiger partial charge in [-0.2, -0.15) is 0 Å². The third-order valence-corrected chi connectivity index (χ3v) is 5.80. The highest BCUT2D eigenvalue weighted by atomic mass is 16.5. The number of nitrogens with one attached hydrogen (secondary N) is 1. The first-order valence-electron chi connectivity index (χ1n) is 11.2. The van der Waals surface area contributed by atoms with E-state index >= 15 is 0 Å². The van der Waals surface area contributed by atoms with E-state index in [9.17, 15) is 14.7 Å². The van der Waals surface area contributed by atoms with Gasteiger partial charge >= 0.3 is 0 Å². The quantitative estimate of drug-likeness (QED) is 0.176. The van der Waals surface area contributed by atoms with E-state index in [1.54, 1.807) is 36.4 Å². The van der Waals surface area contributed by atoms with Gasteiger partial charge in [0.05, 0.1) is 12.6 Å². The highest BCUT2D eigenvalue weighted by Crippen LogP contribution is 2.39. The third-order valence-electron chi connectivity index (χ3n) is 5.80. The van der Waals surface area contributed by atoms with Crippen LogP contribution in [0.3, 0.4) is 0 Å². The monoisotopic (exact) mass is 457 g/mol. The number of likely N-dealkylation sites (tertiary alicyclic amines) is 1. The van der Waals surface area contributed by atoms with Crippen molar-refractivity contribution < 1.29 is 24.0 Å². The van der Waals surface area contributed by atoms with Crippen molar-refractivity contribution in [2.45, 2.75) is 25.9 Å². The van der Waals surface area contributed by atoms with Gasteiger partial charge in [0.1, 0.15) is 24.8 Å². The Balaban J connectivity index is 1.73. The number of benzene rings is 2. The average molecular weight is 458 g/mol. The summed E-state index contributed by atoms with van der Waals surface area (Å²) < 4.78 is 7.62. The smallest absolute Gasteiger partial charge is 0.295 e. The summed E-state index contributed by atoms with van der Waals surface area (Å²) in [7, 11) is 0. The maximum Gasteiger partial charge on any atom is 0.295 e. The number of Topliss-reactive ketones (excluding diaryl/α,β-unsaturated/α-hetero) is 1. The van der Waals surface area contributed by atoms with E-state index in [1.807, 2.05) is 48.4 Å². The highest BCUT2D eigenvalue weighted by Gasteiger charge is 2.44. The normalized spacial score (nSPS) is 17.2. The van der Waals surface area contributed by atoms with Crippen molar-refractivity contribution in [1.29, 1.82) is 0 Å². The van der Waals surface area contributed by atoms with Crippen LogP contribution in [0.4, 0.5) is 0 Å². The summed E-state index contributed by atoms with van der Waals surface area (Å²) in [5.74, 6) is -1.25. The molecule has 2 heterocycles. The minimum atomic E-state index is -0.780. The second-order valence-electron chi connectivity index (χ2n) is 8.21. The van der Waals surface area contributed by atoms with Crippen LogP contribution in [0.5, 0.6) is 5.75 Å². The highest BCUT2D eigenvalue weighted by molar-refractivity contribution is 6.46. The molecule has 1 unspecified atom stereocenters. The largest absolute Gasteiger partial charge is 0.872 e. The molecule has 0 spiro atoms. The minimum absolute atomic E-state index is 0.0241. The average Bonchev–Trinajstić information content (AvgIpc) is 3.45. The van der Waals surface area contributed by atoms with Crippen molar-refractivity contribution in [3.05, 3.63) is 102 Å². The molecule has 3 aromatic rings. The van der Waals surface area contributed by atoms with Gasteiger partial charge in [0, 0.05) is 18.5 Å². The maximum absolute atomic E-state index is 13.5. The Morgan fingerprint density at radius 1 is 1.24 bits per heavy atom. The van der Waals surface area contributed by atoms with Crippen molar-refractivity contribution in [2.24, 2.45) is 0 Å². The molecular weight excluding hydrogens is 430 g/mol. The molecule has 1 fully saturated rings. The molecule has 34 heavy (non-hydrogen) atoms. The van der Waals surface area contributed by atoms with Gasteiger partial charge in [-0.25, -0.2) is 4.57 Å². The van der Waals surface area contributed by atoms with Crippen LogP contribution < -0.4 is 14.4 Å². The Morgan fingerprint density at radius 3 is 2.74 bits per heavy atom. The number of aromatic nitrogens is 2. The molecule has 174 valence electrons. The number of ether oxygens (including phenoxy) is 1. The summed E-state index contributed by atoms with van der Waals surface area (Å²) in [5, 5.41) is 13.5. The lowest BCUT2D eigenvalue weighted by molar-refractivity contribution is -0.695. The van der Waals surface area contributed by atoms with E-state index in [4.69, 9.17) is 4.74 Å².